The summed E-state index contributed by atoms with van der Waals surface area (Å²) in [5.41, 5.74) is 2.41. The Kier molecular flexibility index (Phi) is 4.75. The molecule has 0 atom stereocenters. The van der Waals surface area contributed by atoms with Crippen LogP contribution in [-0.4, -0.2) is 25.9 Å². The molecule has 0 unspecified atom stereocenters. The molecule has 4 rings (SSSR count). The lowest BCUT2D eigenvalue weighted by atomic mass is 10.1. The number of alkyl halides is 3. The fraction of sp³-hybridized carbons (Fsp3) is 0.158. The lowest BCUT2D eigenvalue weighted by Crippen LogP contribution is -2.17. The third kappa shape index (κ3) is 4.26. The van der Waals surface area contributed by atoms with E-state index < -0.39 is 12.1 Å². The summed E-state index contributed by atoms with van der Waals surface area (Å²) in [5.74, 6) is -0.881. The van der Waals surface area contributed by atoms with Crippen LogP contribution in [0.15, 0.2) is 64.2 Å². The molecule has 0 spiro atoms. The first-order chi connectivity index (χ1) is 13.9. The Morgan fingerprint density at radius 1 is 1.07 bits per heavy atom. The highest BCUT2D eigenvalue weighted by Crippen LogP contribution is 2.26. The second kappa shape index (κ2) is 7.38. The van der Waals surface area contributed by atoms with Crippen molar-refractivity contribution in [2.75, 3.05) is 0 Å². The number of ether oxygens (including phenoxy) is 1. The van der Waals surface area contributed by atoms with Crippen LogP contribution < -0.4 is 10.5 Å². The summed E-state index contributed by atoms with van der Waals surface area (Å²) in [6.45, 7) is 0.291. The minimum absolute atomic E-state index is 0.291. The van der Waals surface area contributed by atoms with Crippen molar-refractivity contribution in [1.29, 1.82) is 0 Å². The Labute approximate surface area is 161 Å². The Hall–Kier alpha value is -3.69. The van der Waals surface area contributed by atoms with E-state index in [4.69, 9.17) is 4.42 Å². The molecule has 29 heavy (non-hydrogen) atoms. The molecule has 3 heterocycles. The number of aryl methyl sites for hydroxylation is 2. The Morgan fingerprint density at radius 3 is 2.55 bits per heavy atom. The molecule has 148 valence electrons. The summed E-state index contributed by atoms with van der Waals surface area (Å²) >= 11 is 0. The van der Waals surface area contributed by atoms with Crippen LogP contribution >= 0.6 is 0 Å². The topological polar surface area (TPSA) is 83.0 Å². The molecular weight excluding hydrogens is 389 g/mol. The zero-order valence-electron chi connectivity index (χ0n) is 14.8. The minimum Gasteiger partial charge on any atom is -0.406 e. The highest BCUT2D eigenvalue weighted by atomic mass is 19.4. The van der Waals surface area contributed by atoms with E-state index in [-0.39, 0.29) is 5.75 Å². The largest absolute Gasteiger partial charge is 0.573 e. The average molecular weight is 402 g/mol. The van der Waals surface area contributed by atoms with E-state index in [1.54, 1.807) is 30.7 Å². The van der Waals surface area contributed by atoms with Crippen molar-refractivity contribution in [3.63, 3.8) is 0 Å². The molecule has 0 saturated carbocycles. The van der Waals surface area contributed by atoms with Crippen molar-refractivity contribution < 1.29 is 22.3 Å². The standard InChI is InChI=1S/C19H13F3N4O3/c20-19(21,22)29-14-3-1-12(2-4-14)15-5-6-16-17(25-15)26(18(27)28-16)10-7-13-11-23-8-9-24-13/h1-6,8-9,11H,7,10H2. The molecule has 1 aromatic carbocycles. The van der Waals surface area contributed by atoms with E-state index in [0.29, 0.717) is 41.1 Å². The van der Waals surface area contributed by atoms with Gasteiger partial charge < -0.3 is 9.15 Å². The number of rotatable bonds is 5. The van der Waals surface area contributed by atoms with Crippen molar-refractivity contribution in [2.24, 2.45) is 0 Å². The molecule has 0 saturated heterocycles. The van der Waals surface area contributed by atoms with Crippen LogP contribution in [0, 0.1) is 0 Å². The van der Waals surface area contributed by atoms with Crippen molar-refractivity contribution in [3.8, 4) is 17.0 Å². The number of benzene rings is 1. The summed E-state index contributed by atoms with van der Waals surface area (Å²) in [6.07, 6.45) is 0.430. The summed E-state index contributed by atoms with van der Waals surface area (Å²) in [6, 6.07) is 8.53. The van der Waals surface area contributed by atoms with Crippen LogP contribution in [0.2, 0.25) is 0 Å². The second-order valence-corrected chi connectivity index (χ2v) is 6.06. The van der Waals surface area contributed by atoms with Gasteiger partial charge in [0.1, 0.15) is 5.75 Å². The average Bonchev–Trinajstić information content (AvgIpc) is 3.01. The van der Waals surface area contributed by atoms with Gasteiger partial charge in [-0.1, -0.05) is 0 Å². The van der Waals surface area contributed by atoms with Crippen LogP contribution in [0.5, 0.6) is 5.75 Å². The van der Waals surface area contributed by atoms with E-state index >= 15 is 0 Å². The SMILES string of the molecule is O=c1oc2ccc(-c3ccc(OC(F)(F)F)cc3)nc2n1CCc1cnccn1. The number of oxazole rings is 1. The molecule has 0 aliphatic rings. The molecule has 0 aliphatic heterocycles. The monoisotopic (exact) mass is 402 g/mol. The lowest BCUT2D eigenvalue weighted by molar-refractivity contribution is -0.274. The molecule has 0 radical (unpaired) electrons. The van der Waals surface area contributed by atoms with Crippen molar-refractivity contribution in [3.05, 3.63) is 71.2 Å². The van der Waals surface area contributed by atoms with Gasteiger partial charge in [-0.15, -0.1) is 13.2 Å². The maximum absolute atomic E-state index is 12.3. The smallest absolute Gasteiger partial charge is 0.406 e. The predicted molar refractivity (Wildman–Crippen MR) is 96.1 cm³/mol. The van der Waals surface area contributed by atoms with E-state index in [1.807, 2.05) is 0 Å². The minimum atomic E-state index is -4.76. The fourth-order valence-electron chi connectivity index (χ4n) is 2.82. The van der Waals surface area contributed by atoms with E-state index in [9.17, 15) is 18.0 Å². The molecule has 0 amide bonds. The first-order valence-corrected chi connectivity index (χ1v) is 8.50. The molecular formula is C19H13F3N4O3. The third-order valence-electron chi connectivity index (χ3n) is 4.10. The zero-order chi connectivity index (χ0) is 20.4. The quantitative estimate of drug-likeness (QED) is 0.507. The van der Waals surface area contributed by atoms with Gasteiger partial charge in [0.05, 0.1) is 11.4 Å². The van der Waals surface area contributed by atoms with E-state index in [0.717, 1.165) is 0 Å². The lowest BCUT2D eigenvalue weighted by Gasteiger charge is -2.09. The number of pyridine rings is 1. The van der Waals surface area contributed by atoms with Crippen LogP contribution in [0.1, 0.15) is 5.69 Å². The summed E-state index contributed by atoms with van der Waals surface area (Å²) in [7, 11) is 0. The number of hydrogen-bond acceptors (Lipinski definition) is 6. The Morgan fingerprint density at radius 2 is 1.86 bits per heavy atom. The van der Waals surface area contributed by atoms with Crippen molar-refractivity contribution in [1.82, 2.24) is 19.5 Å². The van der Waals surface area contributed by atoms with Gasteiger partial charge in [0.2, 0.25) is 0 Å². The number of nitrogens with zero attached hydrogens (tertiary/aromatic N) is 4. The van der Waals surface area contributed by atoms with Crippen LogP contribution in [0.4, 0.5) is 13.2 Å². The van der Waals surface area contributed by atoms with Gasteiger partial charge in [0, 0.05) is 37.1 Å². The highest BCUT2D eigenvalue weighted by molar-refractivity contribution is 5.73. The number of aromatic nitrogens is 4. The third-order valence-corrected chi connectivity index (χ3v) is 4.10. The second-order valence-electron chi connectivity index (χ2n) is 6.06. The fourth-order valence-corrected chi connectivity index (χ4v) is 2.82. The molecule has 7 nitrogen and oxygen atoms in total. The van der Waals surface area contributed by atoms with Gasteiger partial charge in [-0.25, -0.2) is 9.78 Å². The molecule has 4 aromatic rings. The van der Waals surface area contributed by atoms with Gasteiger partial charge in [-0.2, -0.15) is 0 Å². The van der Waals surface area contributed by atoms with Crippen LogP contribution in [0.25, 0.3) is 22.5 Å². The Bertz CT molecular complexity index is 1190. The van der Waals surface area contributed by atoms with Crippen molar-refractivity contribution >= 4 is 11.2 Å². The molecule has 0 aliphatic carbocycles. The normalized spacial score (nSPS) is 11.7. The molecule has 0 N–H and O–H groups in total. The van der Waals surface area contributed by atoms with Crippen LogP contribution in [-0.2, 0) is 13.0 Å². The summed E-state index contributed by atoms with van der Waals surface area (Å²) in [4.78, 5) is 24.8. The van der Waals surface area contributed by atoms with Gasteiger partial charge in [0.25, 0.3) is 0 Å². The predicted octanol–water partition coefficient (Wildman–Crippen LogP) is 3.59. The van der Waals surface area contributed by atoms with Crippen LogP contribution in [0.3, 0.4) is 0 Å². The molecule has 10 heteroatoms. The zero-order valence-corrected chi connectivity index (χ0v) is 14.8. The first kappa shape index (κ1) is 18.7. The number of hydrogen-bond donors (Lipinski definition) is 0. The molecule has 3 aromatic heterocycles. The van der Waals surface area contributed by atoms with E-state index in [1.165, 1.54) is 28.8 Å². The maximum atomic E-state index is 12.3. The number of fused-ring (bicyclic) bond motifs is 1. The number of halogens is 3. The molecule has 0 fully saturated rings. The van der Waals surface area contributed by atoms with Crippen molar-refractivity contribution in [2.45, 2.75) is 19.3 Å². The summed E-state index contributed by atoms with van der Waals surface area (Å²) < 4.78 is 47.4. The Balaban J connectivity index is 1.62. The van der Waals surface area contributed by atoms with Gasteiger partial charge in [-0.3, -0.25) is 14.5 Å². The summed E-state index contributed by atoms with van der Waals surface area (Å²) in [5, 5.41) is 0. The highest BCUT2D eigenvalue weighted by Gasteiger charge is 2.31. The first-order valence-electron chi connectivity index (χ1n) is 8.50. The van der Waals surface area contributed by atoms with Gasteiger partial charge >= 0.3 is 12.1 Å². The van der Waals surface area contributed by atoms with Gasteiger partial charge in [0.15, 0.2) is 11.2 Å². The maximum Gasteiger partial charge on any atom is 0.573 e. The van der Waals surface area contributed by atoms with E-state index in [2.05, 4.69) is 19.7 Å². The molecule has 0 bridgehead atoms. The van der Waals surface area contributed by atoms with Gasteiger partial charge in [-0.05, 0) is 36.4 Å².